The Kier molecular flexibility index (Phi) is 13.5. The zero-order chi connectivity index (χ0) is 31.5. The van der Waals surface area contributed by atoms with Crippen LogP contribution in [0.15, 0.2) is 41.3 Å². The van der Waals surface area contributed by atoms with E-state index in [1.165, 1.54) is 36.3 Å². The third kappa shape index (κ3) is 9.05. The summed E-state index contributed by atoms with van der Waals surface area (Å²) >= 11 is 14.3. The number of likely N-dealkylation sites (N-methyl/N-ethyl adjacent to an activating group) is 1. The van der Waals surface area contributed by atoms with Crippen LogP contribution in [0.2, 0.25) is 10.0 Å². The maximum Gasteiger partial charge on any atom is 0.257 e. The number of anilines is 1. The van der Waals surface area contributed by atoms with E-state index in [2.05, 4.69) is 17.2 Å². The van der Waals surface area contributed by atoms with Gasteiger partial charge in [0, 0.05) is 52.9 Å². The second-order valence-electron chi connectivity index (χ2n) is 10.2. The second kappa shape index (κ2) is 16.8. The van der Waals surface area contributed by atoms with E-state index in [0.717, 1.165) is 24.0 Å². The molecule has 43 heavy (non-hydrogen) atoms. The Hall–Kier alpha value is -2.91. The lowest BCUT2D eigenvalue weighted by Crippen LogP contribution is -2.30. The number of unbranched alkanes of at least 4 members (excludes halogenated alkanes) is 3. The lowest BCUT2D eigenvalue weighted by molar-refractivity contribution is -0.126. The number of carbonyl (C=O) groups excluding carboxylic acids is 2. The van der Waals surface area contributed by atoms with Crippen LogP contribution in [0.3, 0.4) is 0 Å². The summed E-state index contributed by atoms with van der Waals surface area (Å²) in [6.45, 7) is 11.7. The number of carbonyl (C=O) groups is 2. The van der Waals surface area contributed by atoms with Gasteiger partial charge in [-0.2, -0.15) is 0 Å². The SMILES string of the molecule is CCCCCCO[C@@H](C)c1cccc(-c2csc(NC(=O)c3cc(Cl)c(/C=C(\C)C(=O)N(CC)CC)c(Cl)c3)n2)c1OC. The molecule has 232 valence electrons. The van der Waals surface area contributed by atoms with Crippen LogP contribution in [0.1, 0.15) is 87.9 Å². The van der Waals surface area contributed by atoms with E-state index in [4.69, 9.17) is 32.7 Å². The average Bonchev–Trinajstić information content (AvgIpc) is 3.46. The van der Waals surface area contributed by atoms with E-state index in [0.29, 0.717) is 47.4 Å². The second-order valence-corrected chi connectivity index (χ2v) is 11.8. The largest absolute Gasteiger partial charge is 0.496 e. The molecular formula is C33H41Cl2N3O4S. The predicted octanol–water partition coefficient (Wildman–Crippen LogP) is 9.31. The third-order valence-electron chi connectivity index (χ3n) is 7.14. The van der Waals surface area contributed by atoms with Crippen LogP contribution in [-0.4, -0.2) is 48.5 Å². The minimum Gasteiger partial charge on any atom is -0.496 e. The molecule has 2 amide bonds. The van der Waals surface area contributed by atoms with Crippen LogP contribution in [0.25, 0.3) is 17.3 Å². The normalized spacial score (nSPS) is 12.2. The molecule has 7 nitrogen and oxygen atoms in total. The Morgan fingerprint density at radius 1 is 1.09 bits per heavy atom. The molecule has 1 atom stereocenters. The maximum absolute atomic E-state index is 13.1. The first-order valence-corrected chi connectivity index (χ1v) is 16.3. The number of para-hydroxylation sites is 1. The molecular weight excluding hydrogens is 605 g/mol. The molecule has 1 N–H and O–H groups in total. The smallest absolute Gasteiger partial charge is 0.257 e. The van der Waals surface area contributed by atoms with E-state index < -0.39 is 5.91 Å². The molecule has 2 aromatic carbocycles. The Morgan fingerprint density at radius 2 is 1.79 bits per heavy atom. The van der Waals surface area contributed by atoms with Crippen LogP contribution < -0.4 is 10.1 Å². The molecule has 3 aromatic rings. The van der Waals surface area contributed by atoms with Crippen LogP contribution in [0, 0.1) is 0 Å². The number of nitrogens with zero attached hydrogens (tertiary/aromatic N) is 2. The minimum atomic E-state index is -0.401. The number of halogens is 2. The topological polar surface area (TPSA) is 80.8 Å². The number of hydrogen-bond acceptors (Lipinski definition) is 6. The first-order valence-electron chi connectivity index (χ1n) is 14.7. The van der Waals surface area contributed by atoms with E-state index in [1.807, 2.05) is 44.4 Å². The Morgan fingerprint density at radius 3 is 2.42 bits per heavy atom. The lowest BCUT2D eigenvalue weighted by Gasteiger charge is -2.19. The number of aromatic nitrogens is 1. The lowest BCUT2D eigenvalue weighted by atomic mass is 10.0. The fourth-order valence-electron chi connectivity index (χ4n) is 4.70. The Bertz CT molecular complexity index is 1410. The van der Waals surface area contributed by atoms with Gasteiger partial charge in [0.25, 0.3) is 5.91 Å². The monoisotopic (exact) mass is 645 g/mol. The van der Waals surface area contributed by atoms with Crippen molar-refractivity contribution < 1.29 is 19.1 Å². The average molecular weight is 647 g/mol. The molecule has 1 aromatic heterocycles. The van der Waals surface area contributed by atoms with Crippen LogP contribution in [0.4, 0.5) is 5.13 Å². The molecule has 0 aliphatic heterocycles. The van der Waals surface area contributed by atoms with E-state index in [-0.39, 0.29) is 27.6 Å². The number of benzene rings is 2. The summed E-state index contributed by atoms with van der Waals surface area (Å²) in [5.41, 5.74) is 3.71. The molecule has 1 heterocycles. The van der Waals surface area contributed by atoms with E-state index in [1.54, 1.807) is 25.0 Å². The van der Waals surface area contributed by atoms with Gasteiger partial charge in [0.2, 0.25) is 5.91 Å². The first-order chi connectivity index (χ1) is 20.6. The number of rotatable bonds is 15. The third-order valence-corrected chi connectivity index (χ3v) is 8.53. The van der Waals surface area contributed by atoms with Gasteiger partial charge >= 0.3 is 0 Å². The molecule has 0 saturated heterocycles. The fraction of sp³-hybridized carbons (Fsp3) is 0.424. The van der Waals surface area contributed by atoms with Crippen molar-refractivity contribution in [2.24, 2.45) is 0 Å². The van der Waals surface area contributed by atoms with Crippen molar-refractivity contribution >= 4 is 57.6 Å². The number of nitrogens with one attached hydrogen (secondary N) is 1. The van der Waals surface area contributed by atoms with Gasteiger partial charge in [-0.1, -0.05) is 61.5 Å². The van der Waals surface area contributed by atoms with Crippen LogP contribution in [0.5, 0.6) is 5.75 Å². The quantitative estimate of drug-likeness (QED) is 0.132. The molecule has 0 saturated carbocycles. The van der Waals surface area contributed by atoms with E-state index in [9.17, 15) is 9.59 Å². The van der Waals surface area contributed by atoms with Crippen molar-refractivity contribution in [1.29, 1.82) is 0 Å². The summed E-state index contributed by atoms with van der Waals surface area (Å²) in [6, 6.07) is 8.97. The molecule has 0 aliphatic carbocycles. The first kappa shape index (κ1) is 34.6. The van der Waals surface area contributed by atoms with Crippen molar-refractivity contribution in [3.63, 3.8) is 0 Å². The highest BCUT2D eigenvalue weighted by Crippen LogP contribution is 2.38. The molecule has 0 aliphatic rings. The standard InChI is InChI=1S/C33H41Cl2N3O4S/c1-7-10-11-12-16-42-22(5)24-14-13-15-25(30(24)41-6)29-20-43-33(36-29)37-31(39)23-18-27(34)26(28(35)19-23)17-21(4)32(40)38(8-2)9-3/h13-15,17-20,22H,7-12,16H2,1-6H3,(H,36,37,39)/b21-17+/t22-/m0/s1. The van der Waals surface area contributed by atoms with Crippen molar-refractivity contribution in [2.75, 3.05) is 32.1 Å². The summed E-state index contributed by atoms with van der Waals surface area (Å²) in [7, 11) is 1.64. The van der Waals surface area contributed by atoms with Gasteiger partial charge < -0.3 is 14.4 Å². The highest BCUT2D eigenvalue weighted by atomic mass is 35.5. The molecule has 0 spiro atoms. The highest BCUT2D eigenvalue weighted by Gasteiger charge is 2.20. The summed E-state index contributed by atoms with van der Waals surface area (Å²) in [5.74, 6) is 0.204. The van der Waals surface area contributed by atoms with E-state index >= 15 is 0 Å². The summed E-state index contributed by atoms with van der Waals surface area (Å²) in [6.07, 6.45) is 6.10. The van der Waals surface area contributed by atoms with Crippen molar-refractivity contribution in [2.45, 2.75) is 66.4 Å². The van der Waals surface area contributed by atoms with Crippen molar-refractivity contribution in [3.05, 3.63) is 68.0 Å². The summed E-state index contributed by atoms with van der Waals surface area (Å²) < 4.78 is 11.9. The fourth-order valence-corrected chi connectivity index (χ4v) is 6.00. The maximum atomic E-state index is 13.1. The number of methoxy groups -OCH3 is 1. The Balaban J connectivity index is 1.76. The minimum absolute atomic E-state index is 0.0925. The molecule has 0 fully saturated rings. The zero-order valence-electron chi connectivity index (χ0n) is 25.8. The van der Waals surface area contributed by atoms with Crippen LogP contribution >= 0.6 is 34.5 Å². The van der Waals surface area contributed by atoms with Gasteiger partial charge in [-0.05, 0) is 58.4 Å². The predicted molar refractivity (Wildman–Crippen MR) is 179 cm³/mol. The van der Waals surface area contributed by atoms with Gasteiger partial charge in [-0.15, -0.1) is 11.3 Å². The van der Waals surface area contributed by atoms with Gasteiger partial charge in [0.15, 0.2) is 5.13 Å². The van der Waals surface area contributed by atoms with Gasteiger partial charge in [0.1, 0.15) is 5.75 Å². The van der Waals surface area contributed by atoms with Gasteiger partial charge in [-0.3, -0.25) is 14.9 Å². The number of ether oxygens (including phenoxy) is 2. The number of amides is 2. The van der Waals surface area contributed by atoms with Crippen molar-refractivity contribution in [3.8, 4) is 17.0 Å². The molecule has 0 unspecified atom stereocenters. The van der Waals surface area contributed by atoms with Gasteiger partial charge in [0.05, 0.1) is 29.0 Å². The zero-order valence-corrected chi connectivity index (χ0v) is 28.1. The Labute approximate surface area is 269 Å². The number of thiazole rings is 1. The molecule has 0 radical (unpaired) electrons. The molecule has 10 heteroatoms. The highest BCUT2D eigenvalue weighted by molar-refractivity contribution is 7.14. The molecule has 0 bridgehead atoms. The van der Waals surface area contributed by atoms with Crippen LogP contribution in [-0.2, 0) is 9.53 Å². The summed E-state index contributed by atoms with van der Waals surface area (Å²) in [5, 5.41) is 5.67. The number of hydrogen-bond donors (Lipinski definition) is 1. The molecule has 3 rings (SSSR count). The van der Waals surface area contributed by atoms with Gasteiger partial charge in [-0.25, -0.2) is 4.98 Å². The summed E-state index contributed by atoms with van der Waals surface area (Å²) in [4.78, 5) is 32.2. The van der Waals surface area contributed by atoms with Crippen molar-refractivity contribution in [1.82, 2.24) is 9.88 Å².